The molecule has 1 heterocycles. The zero-order chi connectivity index (χ0) is 10.8. The van der Waals surface area contributed by atoms with Gasteiger partial charge in [0.15, 0.2) is 17.8 Å². The Morgan fingerprint density at radius 1 is 1.20 bits per heavy atom. The zero-order valence-electron chi connectivity index (χ0n) is 8.01. The summed E-state index contributed by atoms with van der Waals surface area (Å²) in [6.45, 7) is 0.654. The van der Waals surface area contributed by atoms with Crippen molar-refractivity contribution in [2.24, 2.45) is 0 Å². The Kier molecular flexibility index (Phi) is 2.77. The van der Waals surface area contributed by atoms with Crippen LogP contribution in [0.4, 0.5) is 0 Å². The zero-order valence-corrected chi connectivity index (χ0v) is 8.01. The molecule has 1 aromatic rings. The molecule has 0 radical (unpaired) electrons. The van der Waals surface area contributed by atoms with Crippen LogP contribution in [0.25, 0.3) is 0 Å². The summed E-state index contributed by atoms with van der Waals surface area (Å²) in [5.74, 6) is -0.588. The maximum Gasteiger partial charge on any atom is 0.184 e. The van der Waals surface area contributed by atoms with Crippen LogP contribution in [0.2, 0.25) is 0 Å². The minimum atomic E-state index is -0.526. The molecule has 0 amide bonds. The van der Waals surface area contributed by atoms with Gasteiger partial charge in [0, 0.05) is 11.1 Å². The van der Waals surface area contributed by atoms with Crippen LogP contribution < -0.4 is 0 Å². The molecule has 82 valence electrons. The molecule has 1 aromatic carbocycles. The van der Waals surface area contributed by atoms with E-state index in [1.54, 1.807) is 6.07 Å². The van der Waals surface area contributed by atoms with Gasteiger partial charge in [-0.05, 0) is 12.1 Å². The molecule has 0 aliphatic carbocycles. The second kappa shape index (κ2) is 4.06. The topological polar surface area (TPSA) is 79.2 Å². The average molecular weight is 212 g/mol. The van der Waals surface area contributed by atoms with Gasteiger partial charge >= 0.3 is 0 Å². The Morgan fingerprint density at radius 2 is 1.87 bits per heavy atom. The lowest BCUT2D eigenvalue weighted by Crippen LogP contribution is -1.99. The quantitative estimate of drug-likeness (QED) is 0.627. The number of aliphatic hydroxyl groups excluding tert-OH is 1. The first-order valence-electron chi connectivity index (χ1n) is 4.61. The molecule has 1 aliphatic rings. The standard InChI is InChI=1S/C10H12O5/c11-5-7-3-6(4-8(12)9(7)13)10-14-1-2-15-10/h3-4,10-13H,1-2,5H2. The summed E-state index contributed by atoms with van der Waals surface area (Å²) in [5.41, 5.74) is 0.843. The summed E-state index contributed by atoms with van der Waals surface area (Å²) in [4.78, 5) is 0. The fraction of sp³-hybridized carbons (Fsp3) is 0.400. The maximum absolute atomic E-state index is 9.40. The van der Waals surface area contributed by atoms with Crippen molar-refractivity contribution in [3.63, 3.8) is 0 Å². The average Bonchev–Trinajstić information content (AvgIpc) is 2.75. The molecule has 5 nitrogen and oxygen atoms in total. The van der Waals surface area contributed by atoms with Crippen LogP contribution in [0, 0.1) is 0 Å². The summed E-state index contributed by atoms with van der Waals surface area (Å²) in [6.07, 6.45) is -0.526. The van der Waals surface area contributed by atoms with Crippen molar-refractivity contribution in [1.29, 1.82) is 0 Å². The first-order chi connectivity index (χ1) is 7.22. The van der Waals surface area contributed by atoms with Gasteiger partial charge in [-0.15, -0.1) is 0 Å². The van der Waals surface area contributed by atoms with Crippen molar-refractivity contribution in [2.45, 2.75) is 12.9 Å². The number of rotatable bonds is 2. The summed E-state index contributed by atoms with van der Waals surface area (Å²) in [5, 5.41) is 27.7. The van der Waals surface area contributed by atoms with Gasteiger partial charge in [0.2, 0.25) is 0 Å². The lowest BCUT2D eigenvalue weighted by molar-refractivity contribution is -0.0443. The second-order valence-corrected chi connectivity index (χ2v) is 3.28. The van der Waals surface area contributed by atoms with E-state index in [0.717, 1.165) is 0 Å². The predicted octanol–water partition coefficient (Wildman–Crippen LogP) is 0.635. The Hall–Kier alpha value is -1.30. The molecule has 0 saturated carbocycles. The normalized spacial score (nSPS) is 17.1. The van der Waals surface area contributed by atoms with Crippen molar-refractivity contribution < 1.29 is 24.8 Å². The van der Waals surface area contributed by atoms with Gasteiger partial charge in [-0.1, -0.05) is 0 Å². The third-order valence-electron chi connectivity index (χ3n) is 2.26. The van der Waals surface area contributed by atoms with Gasteiger partial charge in [-0.25, -0.2) is 0 Å². The molecule has 0 spiro atoms. The molecule has 3 N–H and O–H groups in total. The Balaban J connectivity index is 2.35. The smallest absolute Gasteiger partial charge is 0.184 e. The van der Waals surface area contributed by atoms with E-state index in [1.165, 1.54) is 6.07 Å². The first-order valence-corrected chi connectivity index (χ1v) is 4.61. The molecule has 15 heavy (non-hydrogen) atoms. The van der Waals surface area contributed by atoms with E-state index in [1.807, 2.05) is 0 Å². The molecule has 0 atom stereocenters. The van der Waals surface area contributed by atoms with Crippen molar-refractivity contribution in [2.75, 3.05) is 13.2 Å². The minimum Gasteiger partial charge on any atom is -0.504 e. The van der Waals surface area contributed by atoms with Gasteiger partial charge in [-0.3, -0.25) is 0 Å². The number of aliphatic hydroxyl groups is 1. The van der Waals surface area contributed by atoms with E-state index in [-0.39, 0.29) is 23.7 Å². The maximum atomic E-state index is 9.40. The van der Waals surface area contributed by atoms with Crippen LogP contribution in [-0.4, -0.2) is 28.5 Å². The second-order valence-electron chi connectivity index (χ2n) is 3.28. The number of hydrogen-bond donors (Lipinski definition) is 3. The number of ether oxygens (including phenoxy) is 2. The number of benzene rings is 1. The molecular weight excluding hydrogens is 200 g/mol. The van der Waals surface area contributed by atoms with E-state index in [2.05, 4.69) is 0 Å². The molecular formula is C10H12O5. The predicted molar refractivity (Wildman–Crippen MR) is 50.3 cm³/mol. The van der Waals surface area contributed by atoms with E-state index < -0.39 is 6.29 Å². The molecule has 1 aliphatic heterocycles. The van der Waals surface area contributed by atoms with Crippen LogP contribution in [0.15, 0.2) is 12.1 Å². The minimum absolute atomic E-state index is 0.254. The molecule has 0 aromatic heterocycles. The van der Waals surface area contributed by atoms with E-state index in [9.17, 15) is 10.2 Å². The fourth-order valence-electron chi connectivity index (χ4n) is 1.51. The SMILES string of the molecule is OCc1cc(C2OCCO2)cc(O)c1O. The number of phenols is 2. The largest absolute Gasteiger partial charge is 0.504 e. The van der Waals surface area contributed by atoms with Gasteiger partial charge < -0.3 is 24.8 Å². The highest BCUT2D eigenvalue weighted by Gasteiger charge is 2.21. The highest BCUT2D eigenvalue weighted by Crippen LogP contribution is 2.34. The van der Waals surface area contributed by atoms with Crippen molar-refractivity contribution in [3.8, 4) is 11.5 Å². The molecule has 0 bridgehead atoms. The van der Waals surface area contributed by atoms with Crippen LogP contribution in [-0.2, 0) is 16.1 Å². The highest BCUT2D eigenvalue weighted by atomic mass is 16.7. The van der Waals surface area contributed by atoms with Gasteiger partial charge in [0.05, 0.1) is 19.8 Å². The van der Waals surface area contributed by atoms with Gasteiger partial charge in [0.1, 0.15) is 0 Å². The molecule has 2 rings (SSSR count). The fourth-order valence-corrected chi connectivity index (χ4v) is 1.51. The first kappa shape index (κ1) is 10.2. The molecule has 1 saturated heterocycles. The van der Waals surface area contributed by atoms with Crippen LogP contribution in [0.1, 0.15) is 17.4 Å². The Labute approximate surface area is 86.5 Å². The number of hydrogen-bond acceptors (Lipinski definition) is 5. The van der Waals surface area contributed by atoms with Gasteiger partial charge in [-0.2, -0.15) is 0 Å². The summed E-state index contributed by atoms with van der Waals surface area (Å²) in [6, 6.07) is 2.91. The van der Waals surface area contributed by atoms with Crippen LogP contribution in [0.3, 0.4) is 0 Å². The molecule has 5 heteroatoms. The Morgan fingerprint density at radius 3 is 2.47 bits per heavy atom. The van der Waals surface area contributed by atoms with E-state index in [4.69, 9.17) is 14.6 Å². The Bertz CT molecular complexity index is 357. The third-order valence-corrected chi connectivity index (χ3v) is 2.26. The van der Waals surface area contributed by atoms with E-state index in [0.29, 0.717) is 18.8 Å². The third kappa shape index (κ3) is 1.90. The van der Waals surface area contributed by atoms with E-state index >= 15 is 0 Å². The highest BCUT2D eigenvalue weighted by molar-refractivity contribution is 5.47. The van der Waals surface area contributed by atoms with Gasteiger partial charge in [0.25, 0.3) is 0 Å². The number of phenolic OH excluding ortho intramolecular Hbond substituents is 1. The molecule has 1 fully saturated rings. The van der Waals surface area contributed by atoms with Crippen LogP contribution >= 0.6 is 0 Å². The summed E-state index contributed by atoms with van der Waals surface area (Å²) in [7, 11) is 0. The lowest BCUT2D eigenvalue weighted by atomic mass is 10.1. The summed E-state index contributed by atoms with van der Waals surface area (Å²) >= 11 is 0. The van der Waals surface area contributed by atoms with Crippen LogP contribution in [0.5, 0.6) is 11.5 Å². The monoisotopic (exact) mass is 212 g/mol. The van der Waals surface area contributed by atoms with Crippen molar-refractivity contribution in [1.82, 2.24) is 0 Å². The van der Waals surface area contributed by atoms with Crippen molar-refractivity contribution >= 4 is 0 Å². The molecule has 0 unspecified atom stereocenters. The van der Waals surface area contributed by atoms with Crippen molar-refractivity contribution in [3.05, 3.63) is 23.3 Å². The lowest BCUT2D eigenvalue weighted by Gasteiger charge is -2.12. The number of aromatic hydroxyl groups is 2. The summed E-state index contributed by atoms with van der Waals surface area (Å²) < 4.78 is 10.5.